The molecule has 6 nitrogen and oxygen atoms in total. The van der Waals surface area contributed by atoms with Gasteiger partial charge in [-0.25, -0.2) is 4.39 Å². The molecule has 1 amide bonds. The standard InChI is InChI=1S/C13H13ClFN3O3S/c1-3-10(13(20)21-4-2)22-11-5-7(12(19)17-18-16)9(15)6-8(11)14/h5-6,10H,3-4H2,1-2H3. The quantitative estimate of drug-likeness (QED) is 0.252. The molecule has 0 spiro atoms. The van der Waals surface area contributed by atoms with E-state index >= 15 is 0 Å². The van der Waals surface area contributed by atoms with Gasteiger partial charge in [-0.1, -0.05) is 18.5 Å². The Morgan fingerprint density at radius 2 is 2.18 bits per heavy atom. The molecule has 1 aromatic rings. The van der Waals surface area contributed by atoms with Crippen molar-refractivity contribution in [3.63, 3.8) is 0 Å². The van der Waals surface area contributed by atoms with Crippen LogP contribution in [0, 0.1) is 5.82 Å². The van der Waals surface area contributed by atoms with E-state index in [0.29, 0.717) is 11.3 Å². The summed E-state index contributed by atoms with van der Waals surface area (Å²) in [6, 6.07) is 2.11. The van der Waals surface area contributed by atoms with E-state index in [9.17, 15) is 14.0 Å². The van der Waals surface area contributed by atoms with Crippen LogP contribution in [0.5, 0.6) is 0 Å². The Kier molecular flexibility index (Phi) is 7.17. The zero-order chi connectivity index (χ0) is 16.7. The average molecular weight is 346 g/mol. The van der Waals surface area contributed by atoms with Crippen molar-refractivity contribution in [3.05, 3.63) is 39.0 Å². The minimum absolute atomic E-state index is 0.0581. The third-order valence-corrected chi connectivity index (χ3v) is 4.40. The van der Waals surface area contributed by atoms with Gasteiger partial charge in [0, 0.05) is 9.81 Å². The number of amides is 1. The van der Waals surface area contributed by atoms with Crippen molar-refractivity contribution in [1.82, 2.24) is 0 Å². The fourth-order valence-corrected chi connectivity index (χ4v) is 2.84. The SMILES string of the molecule is CCOC(=O)C(CC)Sc1cc(C(=O)N=[N+]=[N-])c(F)cc1Cl. The van der Waals surface area contributed by atoms with Crippen LogP contribution in [-0.4, -0.2) is 23.7 Å². The number of esters is 1. The predicted octanol–water partition coefficient (Wildman–Crippen LogP) is 4.36. The molecule has 1 aromatic carbocycles. The molecular formula is C13H13ClFN3O3S. The monoisotopic (exact) mass is 345 g/mol. The van der Waals surface area contributed by atoms with Crippen LogP contribution >= 0.6 is 23.4 Å². The van der Waals surface area contributed by atoms with E-state index in [1.165, 1.54) is 6.07 Å². The number of rotatable bonds is 6. The van der Waals surface area contributed by atoms with Crippen LogP contribution in [0.15, 0.2) is 22.1 Å². The molecule has 0 aliphatic carbocycles. The van der Waals surface area contributed by atoms with Crippen LogP contribution in [-0.2, 0) is 9.53 Å². The number of halogens is 2. The van der Waals surface area contributed by atoms with Gasteiger partial charge in [-0.3, -0.25) is 9.59 Å². The third kappa shape index (κ3) is 4.62. The Balaban J connectivity index is 3.13. The Morgan fingerprint density at radius 1 is 1.50 bits per heavy atom. The second-order valence-electron chi connectivity index (χ2n) is 4.02. The Labute approximate surface area is 135 Å². The predicted molar refractivity (Wildman–Crippen MR) is 81.5 cm³/mol. The molecule has 0 saturated carbocycles. The van der Waals surface area contributed by atoms with E-state index in [-0.39, 0.29) is 11.6 Å². The molecule has 22 heavy (non-hydrogen) atoms. The fraction of sp³-hybridized carbons (Fsp3) is 0.385. The average Bonchev–Trinajstić information content (AvgIpc) is 2.46. The minimum atomic E-state index is -1.05. The molecule has 0 fully saturated rings. The summed E-state index contributed by atoms with van der Waals surface area (Å²) in [5.41, 5.74) is 7.85. The molecule has 0 N–H and O–H groups in total. The lowest BCUT2D eigenvalue weighted by Crippen LogP contribution is -2.19. The van der Waals surface area contributed by atoms with Crippen molar-refractivity contribution in [3.8, 4) is 0 Å². The largest absolute Gasteiger partial charge is 0.465 e. The molecule has 0 radical (unpaired) electrons. The molecule has 0 saturated heterocycles. The van der Waals surface area contributed by atoms with E-state index in [1.807, 2.05) is 0 Å². The highest BCUT2D eigenvalue weighted by Crippen LogP contribution is 2.34. The van der Waals surface area contributed by atoms with E-state index in [0.717, 1.165) is 17.8 Å². The topological polar surface area (TPSA) is 92.1 Å². The number of nitrogens with zero attached hydrogens (tertiary/aromatic N) is 3. The van der Waals surface area contributed by atoms with Gasteiger partial charge in [0.25, 0.3) is 5.91 Å². The molecule has 0 heterocycles. The van der Waals surface area contributed by atoms with Crippen LogP contribution in [0.3, 0.4) is 0 Å². The molecule has 1 atom stereocenters. The highest BCUT2D eigenvalue weighted by atomic mass is 35.5. The summed E-state index contributed by atoms with van der Waals surface area (Å²) >= 11 is 7.00. The van der Waals surface area contributed by atoms with Gasteiger partial charge in [0.05, 0.1) is 17.2 Å². The van der Waals surface area contributed by atoms with E-state index < -0.39 is 28.5 Å². The number of hydrogen-bond acceptors (Lipinski definition) is 4. The maximum absolute atomic E-state index is 13.7. The summed E-state index contributed by atoms with van der Waals surface area (Å²) < 4.78 is 18.6. The summed E-state index contributed by atoms with van der Waals surface area (Å²) in [4.78, 5) is 26.0. The third-order valence-electron chi connectivity index (χ3n) is 2.58. The van der Waals surface area contributed by atoms with Gasteiger partial charge < -0.3 is 4.74 Å². The van der Waals surface area contributed by atoms with Gasteiger partial charge >= 0.3 is 5.97 Å². The first-order valence-corrected chi connectivity index (χ1v) is 7.62. The first-order chi connectivity index (χ1) is 10.4. The molecule has 118 valence electrons. The van der Waals surface area contributed by atoms with Crippen LogP contribution in [0.2, 0.25) is 5.02 Å². The molecule has 0 aliphatic rings. The van der Waals surface area contributed by atoms with Crippen molar-refractivity contribution in [2.75, 3.05) is 6.61 Å². The summed E-state index contributed by atoms with van der Waals surface area (Å²) in [6.45, 7) is 3.72. The van der Waals surface area contributed by atoms with Crippen molar-refractivity contribution >= 4 is 35.2 Å². The lowest BCUT2D eigenvalue weighted by Gasteiger charge is -2.14. The maximum Gasteiger partial charge on any atom is 0.319 e. The molecule has 0 aromatic heterocycles. The normalized spacial score (nSPS) is 11.5. The van der Waals surface area contributed by atoms with Gasteiger partial charge in [0.1, 0.15) is 11.1 Å². The number of thioether (sulfide) groups is 1. The second-order valence-corrected chi connectivity index (χ2v) is 5.68. The van der Waals surface area contributed by atoms with Crippen molar-refractivity contribution in [2.24, 2.45) is 5.11 Å². The van der Waals surface area contributed by atoms with E-state index in [1.54, 1.807) is 13.8 Å². The van der Waals surface area contributed by atoms with E-state index in [2.05, 4.69) is 10.0 Å². The molecule has 1 rings (SSSR count). The summed E-state index contributed by atoms with van der Waals surface area (Å²) in [5, 5.41) is 2.37. The highest BCUT2D eigenvalue weighted by molar-refractivity contribution is 8.00. The Morgan fingerprint density at radius 3 is 2.73 bits per heavy atom. The Bertz CT molecular complexity index is 635. The lowest BCUT2D eigenvalue weighted by molar-refractivity contribution is -0.142. The van der Waals surface area contributed by atoms with Crippen LogP contribution in [0.25, 0.3) is 10.4 Å². The number of ether oxygens (including phenoxy) is 1. The molecule has 0 aliphatic heterocycles. The first-order valence-electron chi connectivity index (χ1n) is 6.36. The number of carbonyl (C=O) groups excluding carboxylic acids is 2. The zero-order valence-corrected chi connectivity index (χ0v) is 13.4. The smallest absolute Gasteiger partial charge is 0.319 e. The number of benzene rings is 1. The van der Waals surface area contributed by atoms with Gasteiger partial charge in [0.15, 0.2) is 0 Å². The highest BCUT2D eigenvalue weighted by Gasteiger charge is 2.22. The van der Waals surface area contributed by atoms with Gasteiger partial charge in [0.2, 0.25) is 0 Å². The van der Waals surface area contributed by atoms with Crippen LogP contribution in [0.1, 0.15) is 30.6 Å². The van der Waals surface area contributed by atoms with Crippen LogP contribution in [0.4, 0.5) is 4.39 Å². The fourth-order valence-electron chi connectivity index (χ4n) is 1.56. The molecule has 9 heteroatoms. The van der Waals surface area contributed by atoms with Crippen molar-refractivity contribution < 1.29 is 18.7 Å². The van der Waals surface area contributed by atoms with Gasteiger partial charge in [-0.15, -0.1) is 11.8 Å². The van der Waals surface area contributed by atoms with Crippen molar-refractivity contribution in [1.29, 1.82) is 0 Å². The summed E-state index contributed by atoms with van der Waals surface area (Å²) in [6.07, 6.45) is 0.469. The minimum Gasteiger partial charge on any atom is -0.465 e. The maximum atomic E-state index is 13.7. The van der Waals surface area contributed by atoms with Crippen LogP contribution < -0.4 is 0 Å². The number of azide groups is 1. The summed E-state index contributed by atoms with van der Waals surface area (Å²) in [5.74, 6) is -2.36. The first kappa shape index (κ1) is 18.3. The van der Waals surface area contributed by atoms with E-state index in [4.69, 9.17) is 21.9 Å². The van der Waals surface area contributed by atoms with Crippen molar-refractivity contribution in [2.45, 2.75) is 30.4 Å². The number of carbonyl (C=O) groups is 2. The summed E-state index contributed by atoms with van der Waals surface area (Å²) in [7, 11) is 0. The number of hydrogen-bond donors (Lipinski definition) is 0. The van der Waals surface area contributed by atoms with Gasteiger partial charge in [-0.05, 0) is 36.1 Å². The van der Waals surface area contributed by atoms with Gasteiger partial charge in [-0.2, -0.15) is 0 Å². The Hall–Kier alpha value is -1.76. The molecule has 1 unspecified atom stereocenters. The second kappa shape index (κ2) is 8.63. The molecule has 0 bridgehead atoms. The molecular weight excluding hydrogens is 333 g/mol. The lowest BCUT2D eigenvalue weighted by atomic mass is 10.2. The zero-order valence-electron chi connectivity index (χ0n) is 11.9.